The third-order valence-corrected chi connectivity index (χ3v) is 4.24. The van der Waals surface area contributed by atoms with E-state index in [0.717, 1.165) is 38.0 Å². The molecule has 0 atom stereocenters. The van der Waals surface area contributed by atoms with Crippen molar-refractivity contribution < 1.29 is 4.74 Å². The van der Waals surface area contributed by atoms with Crippen molar-refractivity contribution >= 4 is 16.5 Å². The summed E-state index contributed by atoms with van der Waals surface area (Å²) in [6.45, 7) is 5.88. The maximum Gasteiger partial charge on any atom is 0.185 e. The Morgan fingerprint density at radius 3 is 3.05 bits per heavy atom. The van der Waals surface area contributed by atoms with Crippen LogP contribution < -0.4 is 10.2 Å². The Kier molecular flexibility index (Phi) is 6.07. The van der Waals surface area contributed by atoms with Gasteiger partial charge < -0.3 is 15.0 Å². The lowest BCUT2D eigenvalue weighted by Crippen LogP contribution is -2.26. The minimum atomic E-state index is 0.752. The molecule has 4 nitrogen and oxygen atoms in total. The van der Waals surface area contributed by atoms with E-state index in [-0.39, 0.29) is 0 Å². The van der Waals surface area contributed by atoms with Crippen molar-refractivity contribution in [3.8, 4) is 0 Å². The normalized spacial score (nSPS) is 14.8. The quantitative estimate of drug-likeness (QED) is 0.670. The zero-order valence-electron chi connectivity index (χ0n) is 12.0. The highest BCUT2D eigenvalue weighted by Gasteiger charge is 2.30. The van der Waals surface area contributed by atoms with E-state index in [2.05, 4.69) is 22.5 Å². The first-order valence-corrected chi connectivity index (χ1v) is 8.13. The summed E-state index contributed by atoms with van der Waals surface area (Å²) in [4.78, 5) is 7.27. The number of anilines is 1. The Bertz CT molecular complexity index is 365. The van der Waals surface area contributed by atoms with E-state index in [1.165, 1.54) is 30.8 Å². The molecule has 0 unspecified atom stereocenters. The average Bonchev–Trinajstić information content (AvgIpc) is 3.15. The third kappa shape index (κ3) is 4.75. The van der Waals surface area contributed by atoms with E-state index in [9.17, 15) is 0 Å². The van der Waals surface area contributed by atoms with Crippen LogP contribution in [0.2, 0.25) is 0 Å². The summed E-state index contributed by atoms with van der Waals surface area (Å²) in [5, 5.41) is 6.73. The van der Waals surface area contributed by atoms with Crippen molar-refractivity contribution in [3.05, 3.63) is 11.1 Å². The molecular weight excluding hydrogens is 258 g/mol. The molecule has 108 valence electrons. The number of aromatic nitrogens is 1. The topological polar surface area (TPSA) is 37.4 Å². The second kappa shape index (κ2) is 7.82. The van der Waals surface area contributed by atoms with Crippen LogP contribution in [0.25, 0.3) is 0 Å². The van der Waals surface area contributed by atoms with Crippen LogP contribution in [-0.4, -0.2) is 37.8 Å². The lowest BCUT2D eigenvalue weighted by Gasteiger charge is -2.20. The molecule has 19 heavy (non-hydrogen) atoms. The molecule has 1 aromatic rings. The Morgan fingerprint density at radius 2 is 2.37 bits per heavy atom. The monoisotopic (exact) mass is 283 g/mol. The zero-order valence-corrected chi connectivity index (χ0v) is 12.8. The molecule has 1 fully saturated rings. The number of hydrogen-bond acceptors (Lipinski definition) is 5. The summed E-state index contributed by atoms with van der Waals surface area (Å²) >= 11 is 1.78. The minimum Gasteiger partial charge on any atom is -0.383 e. The van der Waals surface area contributed by atoms with Gasteiger partial charge in [-0.1, -0.05) is 13.3 Å². The molecule has 0 aromatic carbocycles. The number of ether oxygens (including phenoxy) is 1. The summed E-state index contributed by atoms with van der Waals surface area (Å²) in [5.41, 5.74) is 1.15. The van der Waals surface area contributed by atoms with Gasteiger partial charge in [-0.2, -0.15) is 0 Å². The largest absolute Gasteiger partial charge is 0.383 e. The fourth-order valence-corrected chi connectivity index (χ4v) is 2.97. The van der Waals surface area contributed by atoms with Gasteiger partial charge in [0.2, 0.25) is 0 Å². The van der Waals surface area contributed by atoms with E-state index in [1.54, 1.807) is 18.4 Å². The second-order valence-corrected chi connectivity index (χ2v) is 5.91. The second-order valence-electron chi connectivity index (χ2n) is 5.07. The predicted octanol–water partition coefficient (Wildman–Crippen LogP) is 2.65. The number of unbranched alkanes of at least 4 members (excludes halogenated alkanes) is 1. The van der Waals surface area contributed by atoms with Crippen LogP contribution in [0.4, 0.5) is 5.13 Å². The van der Waals surface area contributed by atoms with E-state index in [0.29, 0.717) is 0 Å². The van der Waals surface area contributed by atoms with Crippen molar-refractivity contribution in [2.24, 2.45) is 0 Å². The number of methoxy groups -OCH3 is 1. The lowest BCUT2D eigenvalue weighted by molar-refractivity contribution is 0.199. The van der Waals surface area contributed by atoms with Gasteiger partial charge in [-0.05, 0) is 19.3 Å². The van der Waals surface area contributed by atoms with E-state index < -0.39 is 0 Å². The molecule has 1 aliphatic rings. The molecule has 0 spiro atoms. The van der Waals surface area contributed by atoms with Gasteiger partial charge in [0.25, 0.3) is 0 Å². The van der Waals surface area contributed by atoms with Crippen LogP contribution in [0.5, 0.6) is 0 Å². The summed E-state index contributed by atoms with van der Waals surface area (Å²) in [6.07, 6.45) is 5.19. The van der Waals surface area contributed by atoms with Crippen molar-refractivity contribution in [1.29, 1.82) is 0 Å². The smallest absolute Gasteiger partial charge is 0.185 e. The molecule has 1 heterocycles. The first-order valence-electron chi connectivity index (χ1n) is 7.25. The molecule has 2 rings (SSSR count). The van der Waals surface area contributed by atoms with Gasteiger partial charge in [-0.25, -0.2) is 4.98 Å². The Hall–Kier alpha value is -0.650. The Balaban J connectivity index is 1.83. The lowest BCUT2D eigenvalue weighted by atomic mass is 10.3. The summed E-state index contributed by atoms with van der Waals surface area (Å²) in [7, 11) is 1.73. The van der Waals surface area contributed by atoms with E-state index >= 15 is 0 Å². The molecule has 1 aliphatic carbocycles. The van der Waals surface area contributed by atoms with Crippen molar-refractivity contribution in [1.82, 2.24) is 10.3 Å². The van der Waals surface area contributed by atoms with Crippen LogP contribution in [0.15, 0.2) is 5.38 Å². The number of thiazole rings is 1. The van der Waals surface area contributed by atoms with Gasteiger partial charge in [0.15, 0.2) is 5.13 Å². The van der Waals surface area contributed by atoms with Gasteiger partial charge in [-0.3, -0.25) is 0 Å². The van der Waals surface area contributed by atoms with Crippen LogP contribution in [0.1, 0.15) is 38.3 Å². The number of nitrogens with one attached hydrogen (secondary N) is 1. The Labute approximate surface area is 120 Å². The van der Waals surface area contributed by atoms with Gasteiger partial charge in [0, 0.05) is 38.2 Å². The van der Waals surface area contributed by atoms with Crippen LogP contribution in [0, 0.1) is 0 Å². The third-order valence-electron chi connectivity index (χ3n) is 3.31. The summed E-state index contributed by atoms with van der Waals surface area (Å²) in [6, 6.07) is 0.756. The fourth-order valence-electron chi connectivity index (χ4n) is 2.05. The standard InChI is InChI=1S/C14H25N3OS/c1-3-4-8-17(13-5-6-13)14-16-12(11-19-14)10-15-7-9-18-2/h11,13,15H,3-10H2,1-2H3. The van der Waals surface area contributed by atoms with Crippen LogP contribution in [-0.2, 0) is 11.3 Å². The van der Waals surface area contributed by atoms with Crippen molar-refractivity contribution in [3.63, 3.8) is 0 Å². The molecule has 0 bridgehead atoms. The van der Waals surface area contributed by atoms with Gasteiger partial charge in [-0.15, -0.1) is 11.3 Å². The maximum atomic E-state index is 5.02. The highest BCUT2D eigenvalue weighted by Crippen LogP contribution is 2.33. The van der Waals surface area contributed by atoms with Crippen molar-refractivity contribution in [2.45, 2.75) is 45.2 Å². The highest BCUT2D eigenvalue weighted by molar-refractivity contribution is 7.13. The van der Waals surface area contributed by atoms with Gasteiger partial charge in [0.1, 0.15) is 0 Å². The fraction of sp³-hybridized carbons (Fsp3) is 0.786. The van der Waals surface area contributed by atoms with Gasteiger partial charge >= 0.3 is 0 Å². The molecule has 1 N–H and O–H groups in total. The van der Waals surface area contributed by atoms with E-state index in [4.69, 9.17) is 9.72 Å². The molecule has 0 radical (unpaired) electrons. The molecule has 0 amide bonds. The summed E-state index contributed by atoms with van der Waals surface area (Å²) < 4.78 is 5.02. The molecule has 1 saturated carbocycles. The number of nitrogens with zero attached hydrogens (tertiary/aromatic N) is 2. The summed E-state index contributed by atoms with van der Waals surface area (Å²) in [5.74, 6) is 0. The Morgan fingerprint density at radius 1 is 1.53 bits per heavy atom. The van der Waals surface area contributed by atoms with Crippen molar-refractivity contribution in [2.75, 3.05) is 31.7 Å². The molecule has 1 aromatic heterocycles. The molecular formula is C14H25N3OS. The first kappa shape index (κ1) is 14.8. The molecule has 0 aliphatic heterocycles. The maximum absolute atomic E-state index is 5.02. The number of rotatable bonds is 10. The average molecular weight is 283 g/mol. The minimum absolute atomic E-state index is 0.752. The highest BCUT2D eigenvalue weighted by atomic mass is 32.1. The SMILES string of the molecule is CCCCN(c1nc(CNCCOC)cs1)C1CC1. The van der Waals surface area contributed by atoms with Gasteiger partial charge in [0.05, 0.1) is 12.3 Å². The zero-order chi connectivity index (χ0) is 13.5. The van der Waals surface area contributed by atoms with E-state index in [1.807, 2.05) is 0 Å². The predicted molar refractivity (Wildman–Crippen MR) is 81.0 cm³/mol. The van der Waals surface area contributed by atoms with Crippen LogP contribution in [0.3, 0.4) is 0 Å². The molecule has 0 saturated heterocycles. The van der Waals surface area contributed by atoms with Crippen LogP contribution >= 0.6 is 11.3 Å². The number of hydrogen-bond donors (Lipinski definition) is 1. The molecule has 5 heteroatoms. The first-order chi connectivity index (χ1) is 9.35.